The first-order valence-corrected chi connectivity index (χ1v) is 8.93. The number of esters is 1. The molecule has 0 unspecified atom stereocenters. The van der Waals surface area contributed by atoms with E-state index in [1.807, 2.05) is 43.3 Å². The van der Waals surface area contributed by atoms with Crippen LogP contribution in [-0.2, 0) is 9.53 Å². The molecule has 0 aromatic heterocycles. The summed E-state index contributed by atoms with van der Waals surface area (Å²) < 4.78 is 5.15. The average molecular weight is 373 g/mol. The maximum absolute atomic E-state index is 12.3. The summed E-state index contributed by atoms with van der Waals surface area (Å²) in [6.07, 6.45) is 0. The lowest BCUT2D eigenvalue weighted by atomic mass is 10.1. The number of hydrogen-bond donors (Lipinski definition) is 0. The molecule has 26 heavy (non-hydrogen) atoms. The zero-order valence-corrected chi connectivity index (χ0v) is 15.4. The predicted molar refractivity (Wildman–Crippen MR) is 102 cm³/mol. The van der Waals surface area contributed by atoms with E-state index in [9.17, 15) is 9.59 Å². The van der Waals surface area contributed by atoms with Gasteiger partial charge in [-0.25, -0.2) is 4.79 Å². The lowest BCUT2D eigenvalue weighted by molar-refractivity contribution is -0.134. The van der Waals surface area contributed by atoms with Gasteiger partial charge in [0.15, 0.2) is 6.61 Å². The van der Waals surface area contributed by atoms with Gasteiger partial charge in [-0.2, -0.15) is 0 Å². The van der Waals surface area contributed by atoms with Gasteiger partial charge in [0.2, 0.25) is 0 Å². The number of carbonyl (C=O) groups is 2. The Bertz CT molecular complexity index is 784. The second-order valence-corrected chi connectivity index (χ2v) is 6.73. The molecule has 2 aromatic rings. The van der Waals surface area contributed by atoms with Crippen LogP contribution in [0.5, 0.6) is 0 Å². The molecule has 1 amide bonds. The van der Waals surface area contributed by atoms with Gasteiger partial charge in [-0.15, -0.1) is 0 Å². The fourth-order valence-electron chi connectivity index (χ4n) is 2.88. The lowest BCUT2D eigenvalue weighted by Gasteiger charge is -2.36. The van der Waals surface area contributed by atoms with Crippen LogP contribution in [0.3, 0.4) is 0 Å². The van der Waals surface area contributed by atoms with E-state index < -0.39 is 5.97 Å². The molecule has 2 aromatic carbocycles. The van der Waals surface area contributed by atoms with Gasteiger partial charge < -0.3 is 14.5 Å². The van der Waals surface area contributed by atoms with E-state index in [4.69, 9.17) is 16.3 Å². The van der Waals surface area contributed by atoms with Crippen LogP contribution in [0.15, 0.2) is 48.5 Å². The number of aryl methyl sites for hydroxylation is 1. The number of carbonyl (C=O) groups excluding carboxylic acids is 2. The van der Waals surface area contributed by atoms with E-state index in [1.165, 1.54) is 0 Å². The summed E-state index contributed by atoms with van der Waals surface area (Å²) in [6, 6.07) is 14.8. The molecule has 3 rings (SSSR count). The number of nitrogens with zero attached hydrogens (tertiary/aromatic N) is 2. The van der Waals surface area contributed by atoms with Crippen molar-refractivity contribution in [2.24, 2.45) is 0 Å². The summed E-state index contributed by atoms with van der Waals surface area (Å²) in [4.78, 5) is 28.2. The van der Waals surface area contributed by atoms with Crippen molar-refractivity contribution in [2.75, 3.05) is 37.7 Å². The monoisotopic (exact) mass is 372 g/mol. The van der Waals surface area contributed by atoms with Gasteiger partial charge in [0.25, 0.3) is 5.91 Å². The second-order valence-electron chi connectivity index (χ2n) is 6.29. The molecule has 1 heterocycles. The summed E-state index contributed by atoms with van der Waals surface area (Å²) in [6.45, 7) is 4.34. The Labute approximate surface area is 158 Å². The first-order chi connectivity index (χ1) is 12.5. The Morgan fingerprint density at radius 3 is 2.38 bits per heavy atom. The SMILES string of the molecule is Cc1ccc(C(=O)OCC(=O)N2CCN(c3cccc(Cl)c3)CC2)cc1. The zero-order valence-electron chi connectivity index (χ0n) is 14.7. The highest BCUT2D eigenvalue weighted by atomic mass is 35.5. The van der Waals surface area contributed by atoms with Crippen molar-refractivity contribution in [3.8, 4) is 0 Å². The molecule has 1 aliphatic heterocycles. The van der Waals surface area contributed by atoms with Gasteiger partial charge in [0.05, 0.1) is 5.56 Å². The molecule has 0 aliphatic carbocycles. The van der Waals surface area contributed by atoms with Gasteiger partial charge in [-0.05, 0) is 37.3 Å². The van der Waals surface area contributed by atoms with Gasteiger partial charge in [0, 0.05) is 36.9 Å². The number of anilines is 1. The van der Waals surface area contributed by atoms with Crippen LogP contribution in [0.2, 0.25) is 5.02 Å². The summed E-state index contributed by atoms with van der Waals surface area (Å²) in [7, 11) is 0. The Balaban J connectivity index is 1.47. The van der Waals surface area contributed by atoms with Gasteiger partial charge >= 0.3 is 5.97 Å². The minimum atomic E-state index is -0.476. The van der Waals surface area contributed by atoms with Gasteiger partial charge in [-0.1, -0.05) is 35.4 Å². The average Bonchev–Trinajstić information content (AvgIpc) is 2.66. The number of halogens is 1. The molecule has 0 N–H and O–H groups in total. The summed E-state index contributed by atoms with van der Waals surface area (Å²) >= 11 is 6.03. The predicted octanol–water partition coefficient (Wildman–Crippen LogP) is 3.15. The zero-order chi connectivity index (χ0) is 18.5. The Morgan fingerprint density at radius 1 is 1.04 bits per heavy atom. The number of ether oxygens (including phenoxy) is 1. The van der Waals surface area contributed by atoms with Crippen LogP contribution in [0.4, 0.5) is 5.69 Å². The van der Waals surface area contributed by atoms with E-state index in [1.54, 1.807) is 17.0 Å². The fourth-order valence-corrected chi connectivity index (χ4v) is 3.06. The number of amides is 1. The third-order valence-corrected chi connectivity index (χ3v) is 4.65. The molecule has 1 saturated heterocycles. The molecule has 136 valence electrons. The van der Waals surface area contributed by atoms with Crippen LogP contribution >= 0.6 is 11.6 Å². The Hall–Kier alpha value is -2.53. The highest BCUT2D eigenvalue weighted by molar-refractivity contribution is 6.30. The molecule has 0 bridgehead atoms. The molecule has 0 spiro atoms. The van der Waals surface area contributed by atoms with Crippen molar-refractivity contribution >= 4 is 29.2 Å². The molecule has 1 aliphatic rings. The van der Waals surface area contributed by atoms with Crippen LogP contribution in [-0.4, -0.2) is 49.6 Å². The van der Waals surface area contributed by atoms with Crippen molar-refractivity contribution in [3.05, 3.63) is 64.7 Å². The maximum atomic E-state index is 12.3. The van der Waals surface area contributed by atoms with Crippen molar-refractivity contribution < 1.29 is 14.3 Å². The van der Waals surface area contributed by atoms with Crippen molar-refractivity contribution in [1.29, 1.82) is 0 Å². The number of rotatable bonds is 4. The fraction of sp³-hybridized carbons (Fsp3) is 0.300. The molecule has 0 saturated carbocycles. The Morgan fingerprint density at radius 2 is 1.73 bits per heavy atom. The first-order valence-electron chi connectivity index (χ1n) is 8.55. The van der Waals surface area contributed by atoms with E-state index in [-0.39, 0.29) is 12.5 Å². The van der Waals surface area contributed by atoms with Crippen molar-refractivity contribution in [3.63, 3.8) is 0 Å². The molecule has 0 radical (unpaired) electrons. The van der Waals surface area contributed by atoms with E-state index in [0.717, 1.165) is 24.3 Å². The molecule has 6 heteroatoms. The quantitative estimate of drug-likeness (QED) is 0.773. The third-order valence-electron chi connectivity index (χ3n) is 4.42. The van der Waals surface area contributed by atoms with E-state index in [0.29, 0.717) is 23.7 Å². The van der Waals surface area contributed by atoms with Crippen LogP contribution in [0.1, 0.15) is 15.9 Å². The minimum Gasteiger partial charge on any atom is -0.452 e. The first kappa shape index (κ1) is 18.3. The standard InChI is InChI=1S/C20H21ClN2O3/c1-15-5-7-16(8-6-15)20(25)26-14-19(24)23-11-9-22(10-12-23)18-4-2-3-17(21)13-18/h2-8,13H,9-12,14H2,1H3. The van der Waals surface area contributed by atoms with Crippen LogP contribution in [0, 0.1) is 6.92 Å². The molecular formula is C20H21ClN2O3. The largest absolute Gasteiger partial charge is 0.452 e. The van der Waals surface area contributed by atoms with Gasteiger partial charge in [-0.3, -0.25) is 4.79 Å². The maximum Gasteiger partial charge on any atom is 0.338 e. The van der Waals surface area contributed by atoms with E-state index >= 15 is 0 Å². The Kier molecular flexibility index (Phi) is 5.78. The highest BCUT2D eigenvalue weighted by Gasteiger charge is 2.22. The topological polar surface area (TPSA) is 49.9 Å². The summed E-state index contributed by atoms with van der Waals surface area (Å²) in [5.41, 5.74) is 2.57. The number of benzene rings is 2. The minimum absolute atomic E-state index is 0.170. The van der Waals surface area contributed by atoms with Crippen LogP contribution < -0.4 is 4.90 Å². The van der Waals surface area contributed by atoms with Crippen molar-refractivity contribution in [1.82, 2.24) is 4.90 Å². The lowest BCUT2D eigenvalue weighted by Crippen LogP contribution is -2.49. The smallest absolute Gasteiger partial charge is 0.338 e. The third kappa shape index (κ3) is 4.55. The van der Waals surface area contributed by atoms with E-state index in [2.05, 4.69) is 4.90 Å². The number of hydrogen-bond acceptors (Lipinski definition) is 4. The van der Waals surface area contributed by atoms with Crippen LogP contribution in [0.25, 0.3) is 0 Å². The molecule has 0 atom stereocenters. The number of piperazine rings is 1. The molecular weight excluding hydrogens is 352 g/mol. The second kappa shape index (κ2) is 8.23. The molecule has 1 fully saturated rings. The normalized spacial score (nSPS) is 14.2. The summed E-state index contributed by atoms with van der Waals surface area (Å²) in [5.74, 6) is -0.646. The van der Waals surface area contributed by atoms with Crippen molar-refractivity contribution in [2.45, 2.75) is 6.92 Å². The summed E-state index contributed by atoms with van der Waals surface area (Å²) in [5, 5.41) is 0.698. The highest BCUT2D eigenvalue weighted by Crippen LogP contribution is 2.20. The van der Waals surface area contributed by atoms with Gasteiger partial charge in [0.1, 0.15) is 0 Å². The molecule has 5 nitrogen and oxygen atoms in total.